The van der Waals surface area contributed by atoms with E-state index < -0.39 is 0 Å². The Bertz CT molecular complexity index is 1090. The van der Waals surface area contributed by atoms with Crippen molar-refractivity contribution in [2.45, 2.75) is 6.92 Å². The third kappa shape index (κ3) is 5.61. The fourth-order valence-electron chi connectivity index (χ4n) is 2.91. The van der Waals surface area contributed by atoms with Crippen LogP contribution >= 0.6 is 23.2 Å². The number of morpholine rings is 1. The number of hydrogen-bond acceptors (Lipinski definition) is 8. The molecule has 31 heavy (non-hydrogen) atoms. The molecule has 1 fully saturated rings. The van der Waals surface area contributed by atoms with Gasteiger partial charge in [0.25, 0.3) is 0 Å². The van der Waals surface area contributed by atoms with Gasteiger partial charge in [0.15, 0.2) is 0 Å². The van der Waals surface area contributed by atoms with Crippen LogP contribution < -0.4 is 15.6 Å². The van der Waals surface area contributed by atoms with E-state index in [-0.39, 0.29) is 0 Å². The second kappa shape index (κ2) is 9.91. The van der Waals surface area contributed by atoms with E-state index in [4.69, 9.17) is 27.9 Å². The van der Waals surface area contributed by atoms with E-state index in [0.717, 1.165) is 16.8 Å². The fraction of sp³-hybridized carbons (Fsp3) is 0.238. The molecule has 2 N–H and O–H groups in total. The van der Waals surface area contributed by atoms with E-state index in [2.05, 4.69) is 30.8 Å². The number of ether oxygens (including phenoxy) is 1. The number of nitrogens with zero attached hydrogens (tertiary/aromatic N) is 5. The van der Waals surface area contributed by atoms with Crippen LogP contribution in [-0.2, 0) is 4.74 Å². The highest BCUT2D eigenvalue weighted by molar-refractivity contribution is 6.33. The summed E-state index contributed by atoms with van der Waals surface area (Å²) in [6.45, 7) is 4.58. The standard InChI is InChI=1S/C21H21Cl2N7O/c1-14-6-7-16(12-18(14)23)25-19-26-20(28-21(27-19)30-8-10-31-11-9-30)29-24-13-15-4-2-3-5-17(15)22/h2-7,12-13H,8-11H2,1H3,(H2,25,26,27,28,29)/b24-13+. The first kappa shape index (κ1) is 21.3. The average molecular weight is 458 g/mol. The molecule has 0 atom stereocenters. The van der Waals surface area contributed by atoms with Gasteiger partial charge in [0, 0.05) is 34.4 Å². The Hall–Kier alpha value is -2.94. The molecule has 2 aromatic carbocycles. The topological polar surface area (TPSA) is 87.6 Å². The van der Waals surface area contributed by atoms with Gasteiger partial charge in [-0.3, -0.25) is 0 Å². The Morgan fingerprint density at radius 2 is 1.77 bits per heavy atom. The SMILES string of the molecule is Cc1ccc(Nc2nc(N/N=C/c3ccccc3Cl)nc(N3CCOCC3)n2)cc1Cl. The lowest BCUT2D eigenvalue weighted by atomic mass is 10.2. The number of aryl methyl sites for hydroxylation is 1. The molecule has 0 radical (unpaired) electrons. The van der Waals surface area contributed by atoms with Gasteiger partial charge in [-0.2, -0.15) is 20.1 Å². The molecule has 4 rings (SSSR count). The first-order valence-electron chi connectivity index (χ1n) is 9.74. The molecule has 2 heterocycles. The van der Waals surface area contributed by atoms with E-state index in [1.165, 1.54) is 0 Å². The molecule has 10 heteroatoms. The first-order valence-corrected chi connectivity index (χ1v) is 10.5. The van der Waals surface area contributed by atoms with Gasteiger partial charge in [-0.1, -0.05) is 47.5 Å². The molecule has 0 saturated carbocycles. The van der Waals surface area contributed by atoms with Crippen molar-refractivity contribution in [3.8, 4) is 0 Å². The summed E-state index contributed by atoms with van der Waals surface area (Å²) in [5, 5.41) is 8.69. The lowest BCUT2D eigenvalue weighted by Crippen LogP contribution is -2.37. The predicted octanol–water partition coefficient (Wildman–Crippen LogP) is 4.51. The third-order valence-electron chi connectivity index (χ3n) is 4.62. The monoisotopic (exact) mass is 457 g/mol. The number of nitrogens with one attached hydrogen (secondary N) is 2. The molecule has 8 nitrogen and oxygen atoms in total. The number of hydrogen-bond donors (Lipinski definition) is 2. The van der Waals surface area contributed by atoms with E-state index >= 15 is 0 Å². The average Bonchev–Trinajstić information content (AvgIpc) is 2.78. The molecule has 0 unspecified atom stereocenters. The van der Waals surface area contributed by atoms with E-state index in [0.29, 0.717) is 54.2 Å². The number of anilines is 4. The minimum Gasteiger partial charge on any atom is -0.378 e. The summed E-state index contributed by atoms with van der Waals surface area (Å²) in [5.41, 5.74) is 5.43. The van der Waals surface area contributed by atoms with Gasteiger partial charge < -0.3 is 15.0 Å². The minimum atomic E-state index is 0.306. The van der Waals surface area contributed by atoms with Crippen molar-refractivity contribution < 1.29 is 4.74 Å². The maximum atomic E-state index is 6.25. The Morgan fingerprint density at radius 1 is 1.00 bits per heavy atom. The van der Waals surface area contributed by atoms with Crippen molar-refractivity contribution in [2.75, 3.05) is 41.9 Å². The highest BCUT2D eigenvalue weighted by atomic mass is 35.5. The van der Waals surface area contributed by atoms with Crippen molar-refractivity contribution in [1.82, 2.24) is 15.0 Å². The van der Waals surface area contributed by atoms with Gasteiger partial charge in [-0.25, -0.2) is 5.43 Å². The quantitative estimate of drug-likeness (QED) is 0.415. The van der Waals surface area contributed by atoms with Gasteiger partial charge >= 0.3 is 0 Å². The van der Waals surface area contributed by atoms with Crippen LogP contribution in [0.2, 0.25) is 10.0 Å². The molecule has 0 aliphatic carbocycles. The second-order valence-electron chi connectivity index (χ2n) is 6.86. The molecule has 0 bridgehead atoms. The molecule has 160 valence electrons. The zero-order valence-corrected chi connectivity index (χ0v) is 18.4. The van der Waals surface area contributed by atoms with Crippen LogP contribution in [0.3, 0.4) is 0 Å². The fourth-order valence-corrected chi connectivity index (χ4v) is 3.28. The Balaban J connectivity index is 1.59. The van der Waals surface area contributed by atoms with Crippen LogP contribution in [0, 0.1) is 6.92 Å². The van der Waals surface area contributed by atoms with Crippen LogP contribution in [-0.4, -0.2) is 47.5 Å². The highest BCUT2D eigenvalue weighted by Crippen LogP contribution is 2.23. The third-order valence-corrected chi connectivity index (χ3v) is 5.37. The first-order chi connectivity index (χ1) is 15.1. The molecule has 0 spiro atoms. The maximum Gasteiger partial charge on any atom is 0.250 e. The van der Waals surface area contributed by atoms with Crippen LogP contribution in [0.15, 0.2) is 47.6 Å². The minimum absolute atomic E-state index is 0.306. The van der Waals surface area contributed by atoms with Crippen molar-refractivity contribution in [3.05, 3.63) is 63.6 Å². The second-order valence-corrected chi connectivity index (χ2v) is 7.68. The number of halogens is 2. The van der Waals surface area contributed by atoms with Crippen molar-refractivity contribution in [2.24, 2.45) is 5.10 Å². The molecule has 1 saturated heterocycles. The molecule has 1 aliphatic heterocycles. The molecule has 1 aliphatic rings. The van der Waals surface area contributed by atoms with Gasteiger partial charge in [0.1, 0.15) is 0 Å². The Labute approximate surface area is 190 Å². The summed E-state index contributed by atoms with van der Waals surface area (Å²) >= 11 is 12.4. The summed E-state index contributed by atoms with van der Waals surface area (Å²) < 4.78 is 5.43. The summed E-state index contributed by atoms with van der Waals surface area (Å²) in [6.07, 6.45) is 1.62. The molecular weight excluding hydrogens is 437 g/mol. The van der Waals surface area contributed by atoms with Gasteiger partial charge in [0.2, 0.25) is 17.8 Å². The lowest BCUT2D eigenvalue weighted by Gasteiger charge is -2.27. The van der Waals surface area contributed by atoms with Crippen molar-refractivity contribution in [1.29, 1.82) is 0 Å². The van der Waals surface area contributed by atoms with Crippen LogP contribution in [0.5, 0.6) is 0 Å². The zero-order chi connectivity index (χ0) is 21.6. The molecular formula is C21H21Cl2N7O. The van der Waals surface area contributed by atoms with Crippen molar-refractivity contribution in [3.63, 3.8) is 0 Å². The summed E-state index contributed by atoms with van der Waals surface area (Å²) in [4.78, 5) is 15.6. The largest absolute Gasteiger partial charge is 0.378 e. The van der Waals surface area contributed by atoms with Gasteiger partial charge in [0.05, 0.1) is 19.4 Å². The zero-order valence-electron chi connectivity index (χ0n) is 16.8. The van der Waals surface area contributed by atoms with Gasteiger partial charge in [-0.05, 0) is 30.7 Å². The van der Waals surface area contributed by atoms with E-state index in [9.17, 15) is 0 Å². The highest BCUT2D eigenvalue weighted by Gasteiger charge is 2.17. The molecule has 1 aromatic heterocycles. The Morgan fingerprint density at radius 3 is 2.55 bits per heavy atom. The number of rotatable bonds is 6. The predicted molar refractivity (Wildman–Crippen MR) is 125 cm³/mol. The number of aromatic nitrogens is 3. The summed E-state index contributed by atoms with van der Waals surface area (Å²) in [5.74, 6) is 1.22. The number of hydrazone groups is 1. The summed E-state index contributed by atoms with van der Waals surface area (Å²) in [7, 11) is 0. The molecule has 0 amide bonds. The maximum absolute atomic E-state index is 6.25. The normalized spacial score (nSPS) is 14.1. The van der Waals surface area contributed by atoms with Crippen molar-refractivity contribution >= 4 is 52.9 Å². The lowest BCUT2D eigenvalue weighted by molar-refractivity contribution is 0.122. The molecule has 3 aromatic rings. The van der Waals surface area contributed by atoms with E-state index in [1.54, 1.807) is 12.3 Å². The summed E-state index contributed by atoms with van der Waals surface area (Å²) in [6, 6.07) is 13.1. The van der Waals surface area contributed by atoms with E-state index in [1.807, 2.05) is 48.2 Å². The number of benzene rings is 2. The van der Waals surface area contributed by atoms with Gasteiger partial charge in [-0.15, -0.1) is 0 Å². The van der Waals surface area contributed by atoms with Crippen LogP contribution in [0.25, 0.3) is 0 Å². The Kier molecular flexibility index (Phi) is 6.81. The van der Waals surface area contributed by atoms with Crippen LogP contribution in [0.4, 0.5) is 23.5 Å². The smallest absolute Gasteiger partial charge is 0.250 e. The van der Waals surface area contributed by atoms with Crippen LogP contribution in [0.1, 0.15) is 11.1 Å².